The Morgan fingerprint density at radius 1 is 1.00 bits per heavy atom. The van der Waals surface area contributed by atoms with Crippen LogP contribution in [0.5, 0.6) is 0 Å². The number of esters is 1. The SMILES string of the molecule is C=CC(=O)OCc1ccc(C#Cc2ccc(C#C/C(C=C)=C/C)cc2CC)cc1. The van der Waals surface area contributed by atoms with Crippen LogP contribution in [0.25, 0.3) is 0 Å². The Hall–Kier alpha value is -3.75. The topological polar surface area (TPSA) is 26.3 Å². The van der Waals surface area contributed by atoms with Crippen molar-refractivity contribution in [1.29, 1.82) is 0 Å². The molecule has 0 N–H and O–H groups in total. The van der Waals surface area contributed by atoms with E-state index >= 15 is 0 Å². The number of carbonyl (C=O) groups is 1. The summed E-state index contributed by atoms with van der Waals surface area (Å²) < 4.78 is 5.02. The summed E-state index contributed by atoms with van der Waals surface area (Å²) >= 11 is 0. The molecule has 0 atom stereocenters. The first kappa shape index (κ1) is 21.5. The molecule has 0 aliphatic carbocycles. The second-order valence-electron chi connectivity index (χ2n) is 6.18. The molecule has 0 saturated heterocycles. The molecule has 0 bridgehead atoms. The lowest BCUT2D eigenvalue weighted by Gasteiger charge is -2.03. The fraction of sp³-hybridized carbons (Fsp3) is 0.148. The maximum atomic E-state index is 11.1. The maximum absolute atomic E-state index is 11.1. The molecule has 0 saturated carbocycles. The number of hydrogen-bond donors (Lipinski definition) is 0. The highest BCUT2D eigenvalue weighted by Gasteiger charge is 2.00. The van der Waals surface area contributed by atoms with Crippen LogP contribution in [0.2, 0.25) is 0 Å². The molecule has 0 aliphatic rings. The van der Waals surface area contributed by atoms with Crippen molar-refractivity contribution in [3.63, 3.8) is 0 Å². The van der Waals surface area contributed by atoms with Crippen LogP contribution in [0.15, 0.2) is 79.4 Å². The second kappa shape index (κ2) is 11.2. The smallest absolute Gasteiger partial charge is 0.330 e. The van der Waals surface area contributed by atoms with Gasteiger partial charge in [-0.25, -0.2) is 4.79 Å². The first-order chi connectivity index (χ1) is 14.1. The van der Waals surface area contributed by atoms with Crippen LogP contribution in [0.1, 0.15) is 41.7 Å². The molecule has 29 heavy (non-hydrogen) atoms. The van der Waals surface area contributed by atoms with Crippen LogP contribution in [0.3, 0.4) is 0 Å². The van der Waals surface area contributed by atoms with Gasteiger partial charge in [0.1, 0.15) is 6.61 Å². The van der Waals surface area contributed by atoms with Crippen LogP contribution in [0, 0.1) is 23.7 Å². The average Bonchev–Trinajstić information content (AvgIpc) is 2.77. The zero-order chi connectivity index (χ0) is 21.1. The summed E-state index contributed by atoms with van der Waals surface area (Å²) in [6.07, 6.45) is 5.73. The van der Waals surface area contributed by atoms with E-state index in [-0.39, 0.29) is 6.61 Å². The second-order valence-corrected chi connectivity index (χ2v) is 6.18. The molecule has 144 valence electrons. The number of benzene rings is 2. The van der Waals surface area contributed by atoms with E-state index in [1.165, 1.54) is 0 Å². The minimum Gasteiger partial charge on any atom is -0.458 e. The summed E-state index contributed by atoms with van der Waals surface area (Å²) in [5, 5.41) is 0. The van der Waals surface area contributed by atoms with E-state index in [9.17, 15) is 4.79 Å². The van der Waals surface area contributed by atoms with E-state index in [0.29, 0.717) is 0 Å². The Balaban J connectivity index is 2.16. The Morgan fingerprint density at radius 2 is 1.72 bits per heavy atom. The lowest BCUT2D eigenvalue weighted by molar-refractivity contribution is -0.138. The Bertz CT molecular complexity index is 1050. The molecule has 2 aromatic rings. The van der Waals surface area contributed by atoms with Gasteiger partial charge in [0.2, 0.25) is 0 Å². The summed E-state index contributed by atoms with van der Waals surface area (Å²) in [5.74, 6) is 12.3. The standard InChI is InChI=1S/C27H24O2/c1-5-21(6-2)9-12-23-16-18-26(25(7-3)19-23)17-15-22-10-13-24(14-11-22)20-29-27(28)8-4/h5-6,8,10-11,13-14,16,18-19H,1,4,7,20H2,2-3H3/b21-6+. The average molecular weight is 380 g/mol. The largest absolute Gasteiger partial charge is 0.458 e. The monoisotopic (exact) mass is 380 g/mol. The number of ether oxygens (including phenoxy) is 1. The van der Waals surface area contributed by atoms with E-state index in [0.717, 1.165) is 45.9 Å². The highest BCUT2D eigenvalue weighted by atomic mass is 16.5. The van der Waals surface area contributed by atoms with E-state index in [1.54, 1.807) is 6.08 Å². The molecular formula is C27H24O2. The molecule has 0 aromatic heterocycles. The summed E-state index contributed by atoms with van der Waals surface area (Å²) in [6, 6.07) is 13.7. The van der Waals surface area contributed by atoms with E-state index in [1.807, 2.05) is 49.4 Å². The first-order valence-electron chi connectivity index (χ1n) is 9.43. The number of rotatable bonds is 5. The van der Waals surface area contributed by atoms with Crippen molar-refractivity contribution in [1.82, 2.24) is 0 Å². The minimum atomic E-state index is -0.430. The van der Waals surface area contributed by atoms with Crippen molar-refractivity contribution in [3.05, 3.63) is 107 Å². The predicted octanol–water partition coefficient (Wildman–Crippen LogP) is 5.36. The number of hydrogen-bond acceptors (Lipinski definition) is 2. The van der Waals surface area contributed by atoms with Gasteiger partial charge in [-0.05, 0) is 54.8 Å². The molecule has 2 nitrogen and oxygen atoms in total. The van der Waals surface area contributed by atoms with Gasteiger partial charge in [-0.1, -0.05) is 68.0 Å². The maximum Gasteiger partial charge on any atom is 0.330 e. The number of allylic oxidation sites excluding steroid dienone is 3. The predicted molar refractivity (Wildman–Crippen MR) is 119 cm³/mol. The Morgan fingerprint density at radius 3 is 2.34 bits per heavy atom. The molecule has 2 rings (SSSR count). The first-order valence-corrected chi connectivity index (χ1v) is 9.43. The van der Waals surface area contributed by atoms with Gasteiger partial charge >= 0.3 is 5.97 Å². The van der Waals surface area contributed by atoms with Gasteiger partial charge < -0.3 is 4.74 Å². The lowest BCUT2D eigenvalue weighted by atomic mass is 10.0. The molecule has 2 aromatic carbocycles. The van der Waals surface area contributed by atoms with Crippen molar-refractivity contribution in [2.45, 2.75) is 26.9 Å². The van der Waals surface area contributed by atoms with Crippen LogP contribution >= 0.6 is 0 Å². The summed E-state index contributed by atoms with van der Waals surface area (Å²) in [4.78, 5) is 11.1. The molecule has 2 heteroatoms. The van der Waals surface area contributed by atoms with Gasteiger partial charge in [0.25, 0.3) is 0 Å². The van der Waals surface area contributed by atoms with Gasteiger partial charge in [-0.2, -0.15) is 0 Å². The van der Waals surface area contributed by atoms with Crippen LogP contribution < -0.4 is 0 Å². The summed E-state index contributed by atoms with van der Waals surface area (Å²) in [5.41, 5.74) is 5.85. The van der Waals surface area contributed by atoms with E-state index in [2.05, 4.69) is 49.8 Å². The van der Waals surface area contributed by atoms with Gasteiger partial charge in [0.15, 0.2) is 0 Å². The highest BCUT2D eigenvalue weighted by molar-refractivity contribution is 5.81. The third kappa shape index (κ3) is 6.73. The Labute approximate surface area is 173 Å². The van der Waals surface area contributed by atoms with Crippen molar-refractivity contribution in [2.24, 2.45) is 0 Å². The number of carbonyl (C=O) groups excluding carboxylic acids is 1. The van der Waals surface area contributed by atoms with Crippen LogP contribution in [-0.4, -0.2) is 5.97 Å². The Kier molecular flexibility index (Phi) is 8.30. The van der Waals surface area contributed by atoms with Crippen molar-refractivity contribution < 1.29 is 9.53 Å². The molecule has 0 heterocycles. The molecule has 0 radical (unpaired) electrons. The van der Waals surface area contributed by atoms with Crippen molar-refractivity contribution in [2.75, 3.05) is 0 Å². The molecule has 0 aliphatic heterocycles. The molecule has 0 amide bonds. The van der Waals surface area contributed by atoms with Gasteiger partial charge in [0, 0.05) is 28.3 Å². The molecular weight excluding hydrogens is 356 g/mol. The minimum absolute atomic E-state index is 0.224. The summed E-state index contributed by atoms with van der Waals surface area (Å²) in [6.45, 7) is 11.4. The van der Waals surface area contributed by atoms with Gasteiger partial charge in [-0.15, -0.1) is 0 Å². The molecule has 0 fully saturated rings. The quantitative estimate of drug-likeness (QED) is 0.302. The normalized spacial score (nSPS) is 10.1. The number of aryl methyl sites for hydroxylation is 1. The van der Waals surface area contributed by atoms with Crippen LogP contribution in [0.4, 0.5) is 0 Å². The van der Waals surface area contributed by atoms with Gasteiger partial charge in [0.05, 0.1) is 0 Å². The summed E-state index contributed by atoms with van der Waals surface area (Å²) in [7, 11) is 0. The molecule has 0 unspecified atom stereocenters. The van der Waals surface area contributed by atoms with Crippen molar-refractivity contribution >= 4 is 5.97 Å². The fourth-order valence-electron chi connectivity index (χ4n) is 2.51. The van der Waals surface area contributed by atoms with E-state index < -0.39 is 5.97 Å². The van der Waals surface area contributed by atoms with Gasteiger partial charge in [-0.3, -0.25) is 0 Å². The molecule has 0 spiro atoms. The van der Waals surface area contributed by atoms with E-state index in [4.69, 9.17) is 4.74 Å². The third-order valence-corrected chi connectivity index (χ3v) is 4.21. The fourth-order valence-corrected chi connectivity index (χ4v) is 2.51. The zero-order valence-electron chi connectivity index (χ0n) is 16.9. The highest BCUT2D eigenvalue weighted by Crippen LogP contribution is 2.13. The zero-order valence-corrected chi connectivity index (χ0v) is 16.9. The third-order valence-electron chi connectivity index (χ3n) is 4.21. The lowest BCUT2D eigenvalue weighted by Crippen LogP contribution is -1.99. The van der Waals surface area contributed by atoms with Crippen molar-refractivity contribution in [3.8, 4) is 23.7 Å². The van der Waals surface area contributed by atoms with Crippen LogP contribution in [-0.2, 0) is 22.6 Å².